The fourth-order valence-corrected chi connectivity index (χ4v) is 4.46. The molecule has 3 aliphatic rings. The van der Waals surface area contributed by atoms with Crippen molar-refractivity contribution in [3.05, 3.63) is 0 Å². The van der Waals surface area contributed by atoms with Crippen molar-refractivity contribution < 1.29 is 14.6 Å². The van der Waals surface area contributed by atoms with E-state index in [1.54, 1.807) is 0 Å². The Kier molecular flexibility index (Phi) is 3.41. The molecular formula is C15H26O3. The van der Waals surface area contributed by atoms with Crippen LogP contribution in [-0.4, -0.2) is 23.8 Å². The van der Waals surface area contributed by atoms with Crippen LogP contribution in [0.15, 0.2) is 0 Å². The van der Waals surface area contributed by atoms with Crippen LogP contribution in [0.25, 0.3) is 0 Å². The van der Waals surface area contributed by atoms with Crippen molar-refractivity contribution in [2.75, 3.05) is 0 Å². The molecule has 0 amide bonds. The summed E-state index contributed by atoms with van der Waals surface area (Å²) in [5, 5.41) is 10.1. The second-order valence-corrected chi connectivity index (χ2v) is 6.74. The molecule has 3 heteroatoms. The third-order valence-corrected chi connectivity index (χ3v) is 5.66. The van der Waals surface area contributed by atoms with Gasteiger partial charge in [-0.3, -0.25) is 0 Å². The van der Waals surface area contributed by atoms with E-state index in [1.165, 1.54) is 19.3 Å². The maximum absolute atomic E-state index is 10.1. The van der Waals surface area contributed by atoms with Crippen LogP contribution in [-0.2, 0) is 9.47 Å². The smallest absolute Gasteiger partial charge is 0.164 e. The van der Waals surface area contributed by atoms with E-state index in [0.717, 1.165) is 12.3 Å². The maximum Gasteiger partial charge on any atom is 0.164 e. The molecule has 2 heterocycles. The Morgan fingerprint density at radius 3 is 2.39 bits per heavy atom. The van der Waals surface area contributed by atoms with Gasteiger partial charge in [0.2, 0.25) is 0 Å². The van der Waals surface area contributed by atoms with Gasteiger partial charge in [-0.25, -0.2) is 0 Å². The highest BCUT2D eigenvalue weighted by Gasteiger charge is 2.51. The van der Waals surface area contributed by atoms with Gasteiger partial charge < -0.3 is 14.6 Å². The second kappa shape index (κ2) is 4.77. The molecule has 8 atom stereocenters. The summed E-state index contributed by atoms with van der Waals surface area (Å²) in [5.74, 6) is 2.81. The molecular weight excluding hydrogens is 228 g/mol. The van der Waals surface area contributed by atoms with E-state index in [-0.39, 0.29) is 18.3 Å². The van der Waals surface area contributed by atoms with Crippen molar-refractivity contribution in [3.63, 3.8) is 0 Å². The third-order valence-electron chi connectivity index (χ3n) is 5.66. The zero-order chi connectivity index (χ0) is 12.9. The minimum absolute atomic E-state index is 0.175. The molecule has 0 aromatic rings. The number of aliphatic hydroxyl groups is 1. The summed E-state index contributed by atoms with van der Waals surface area (Å²) in [6, 6.07) is 0. The van der Waals surface area contributed by atoms with E-state index in [9.17, 15) is 5.11 Å². The van der Waals surface area contributed by atoms with Gasteiger partial charge in [0.25, 0.3) is 0 Å². The summed E-state index contributed by atoms with van der Waals surface area (Å²) in [6.45, 7) is 6.64. The van der Waals surface area contributed by atoms with Crippen molar-refractivity contribution >= 4 is 0 Å². The Labute approximate surface area is 110 Å². The van der Waals surface area contributed by atoms with Crippen LogP contribution < -0.4 is 0 Å². The Balaban J connectivity index is 1.90. The largest absolute Gasteiger partial charge is 0.368 e. The van der Waals surface area contributed by atoms with Gasteiger partial charge in [0.15, 0.2) is 12.6 Å². The average Bonchev–Trinajstić information content (AvgIpc) is 2.49. The molecule has 3 rings (SSSR count). The third kappa shape index (κ3) is 2.00. The molecule has 0 spiro atoms. The van der Waals surface area contributed by atoms with Crippen LogP contribution in [0.2, 0.25) is 0 Å². The van der Waals surface area contributed by atoms with Gasteiger partial charge in [-0.05, 0) is 43.9 Å². The number of hydrogen-bond acceptors (Lipinski definition) is 3. The zero-order valence-corrected chi connectivity index (χ0v) is 11.7. The van der Waals surface area contributed by atoms with Gasteiger partial charge in [-0.2, -0.15) is 0 Å². The van der Waals surface area contributed by atoms with Crippen molar-refractivity contribution in [1.82, 2.24) is 0 Å². The Morgan fingerprint density at radius 2 is 1.61 bits per heavy atom. The molecule has 1 aliphatic carbocycles. The fraction of sp³-hybridized carbons (Fsp3) is 1.00. The molecule has 0 radical (unpaired) electrons. The Hall–Kier alpha value is -0.120. The Morgan fingerprint density at radius 1 is 0.889 bits per heavy atom. The fourth-order valence-electron chi connectivity index (χ4n) is 4.46. The molecule has 4 unspecified atom stereocenters. The van der Waals surface area contributed by atoms with E-state index in [2.05, 4.69) is 20.8 Å². The van der Waals surface area contributed by atoms with Crippen LogP contribution in [0.4, 0.5) is 0 Å². The highest BCUT2D eigenvalue weighted by molar-refractivity contribution is 4.94. The standard InChI is InChI=1S/C15H26O3/c1-8-4-6-12-10(3)14(16)18-15-13(12)11(8)7-5-9(2)17-15/h8-16H,4-7H2,1-3H3/t8-,9?,10-,11+,12+,13?,14?,15?/m1/s1. The zero-order valence-electron chi connectivity index (χ0n) is 11.7. The summed E-state index contributed by atoms with van der Waals surface area (Å²) < 4.78 is 11.8. The van der Waals surface area contributed by atoms with E-state index in [1.807, 2.05) is 0 Å². The predicted octanol–water partition coefficient (Wildman–Crippen LogP) is 2.77. The summed E-state index contributed by atoms with van der Waals surface area (Å²) in [7, 11) is 0. The minimum Gasteiger partial charge on any atom is -0.368 e. The highest BCUT2D eigenvalue weighted by Crippen LogP contribution is 2.51. The summed E-state index contributed by atoms with van der Waals surface area (Å²) >= 11 is 0. The van der Waals surface area contributed by atoms with E-state index in [0.29, 0.717) is 17.8 Å². The van der Waals surface area contributed by atoms with Gasteiger partial charge in [-0.15, -0.1) is 0 Å². The van der Waals surface area contributed by atoms with Gasteiger partial charge >= 0.3 is 0 Å². The lowest BCUT2D eigenvalue weighted by molar-refractivity contribution is -0.322. The van der Waals surface area contributed by atoms with Gasteiger partial charge in [-0.1, -0.05) is 20.3 Å². The molecule has 3 nitrogen and oxygen atoms in total. The van der Waals surface area contributed by atoms with Crippen LogP contribution in [0.1, 0.15) is 46.5 Å². The molecule has 0 bridgehead atoms. The van der Waals surface area contributed by atoms with E-state index >= 15 is 0 Å². The molecule has 2 aliphatic heterocycles. The first-order valence-electron chi connectivity index (χ1n) is 7.57. The second-order valence-electron chi connectivity index (χ2n) is 6.74. The summed E-state index contributed by atoms with van der Waals surface area (Å²) in [4.78, 5) is 0. The number of ether oxygens (including phenoxy) is 2. The van der Waals surface area contributed by atoms with Crippen molar-refractivity contribution in [2.45, 2.75) is 65.1 Å². The SMILES string of the molecule is CC1CC[C@@H]2C3C(O1)OC(O)[C@H](C)[C@@H]3CC[C@H]2C. The van der Waals surface area contributed by atoms with Gasteiger partial charge in [0.05, 0.1) is 6.10 Å². The highest BCUT2D eigenvalue weighted by atomic mass is 16.7. The first-order chi connectivity index (χ1) is 8.58. The van der Waals surface area contributed by atoms with Gasteiger partial charge in [0, 0.05) is 11.8 Å². The molecule has 104 valence electrons. The predicted molar refractivity (Wildman–Crippen MR) is 68.7 cm³/mol. The van der Waals surface area contributed by atoms with Crippen molar-refractivity contribution in [1.29, 1.82) is 0 Å². The maximum atomic E-state index is 10.1. The molecule has 1 N–H and O–H groups in total. The molecule has 0 aromatic carbocycles. The quantitative estimate of drug-likeness (QED) is 0.722. The monoisotopic (exact) mass is 254 g/mol. The summed E-state index contributed by atoms with van der Waals surface area (Å²) in [6.07, 6.45) is 4.34. The average molecular weight is 254 g/mol. The van der Waals surface area contributed by atoms with Crippen LogP contribution in [0.5, 0.6) is 0 Å². The van der Waals surface area contributed by atoms with E-state index < -0.39 is 6.29 Å². The molecule has 0 aromatic heterocycles. The Bertz CT molecular complexity index is 304. The first kappa shape index (κ1) is 12.9. The lowest BCUT2D eigenvalue weighted by atomic mass is 9.61. The summed E-state index contributed by atoms with van der Waals surface area (Å²) in [5.41, 5.74) is 0. The van der Waals surface area contributed by atoms with Crippen LogP contribution in [0.3, 0.4) is 0 Å². The van der Waals surface area contributed by atoms with Gasteiger partial charge in [0.1, 0.15) is 0 Å². The number of rotatable bonds is 0. The van der Waals surface area contributed by atoms with Crippen molar-refractivity contribution in [3.8, 4) is 0 Å². The lowest BCUT2D eigenvalue weighted by Gasteiger charge is -2.51. The van der Waals surface area contributed by atoms with Crippen LogP contribution in [0, 0.1) is 29.6 Å². The molecule has 2 saturated heterocycles. The molecule has 3 fully saturated rings. The normalized spacial score (nSPS) is 56.7. The van der Waals surface area contributed by atoms with Crippen molar-refractivity contribution in [2.24, 2.45) is 29.6 Å². The topological polar surface area (TPSA) is 38.7 Å². The number of aliphatic hydroxyl groups excluding tert-OH is 1. The lowest BCUT2D eigenvalue weighted by Crippen LogP contribution is -2.53. The van der Waals surface area contributed by atoms with Crippen LogP contribution >= 0.6 is 0 Å². The van der Waals surface area contributed by atoms with E-state index in [4.69, 9.17) is 9.47 Å². The number of hydrogen-bond donors (Lipinski definition) is 1. The molecule has 18 heavy (non-hydrogen) atoms. The molecule has 1 saturated carbocycles. The minimum atomic E-state index is -0.643. The first-order valence-corrected chi connectivity index (χ1v) is 7.57.